The number of aryl methyl sites for hydroxylation is 1. The summed E-state index contributed by atoms with van der Waals surface area (Å²) in [6, 6.07) is 7.66. The Balaban J connectivity index is 2.18. The maximum atomic E-state index is 12.0. The molecule has 1 aromatic carbocycles. The maximum Gasteiger partial charge on any atom is 0.225 e. The Labute approximate surface area is 119 Å². The highest BCUT2D eigenvalue weighted by atomic mass is 16.1. The second-order valence-corrected chi connectivity index (χ2v) is 5.13. The number of carbonyl (C=O) groups is 1. The fourth-order valence-electron chi connectivity index (χ4n) is 2.34. The first-order chi connectivity index (χ1) is 9.61. The zero-order valence-electron chi connectivity index (χ0n) is 12.0. The minimum absolute atomic E-state index is 0.0417. The molecule has 1 aromatic heterocycles. The molecule has 0 spiro atoms. The number of nitrogens with one attached hydrogen (secondary N) is 1. The number of fused-ring (bicyclic) bond motifs is 1. The molecule has 0 aliphatic heterocycles. The topological polar surface area (TPSA) is 68.0 Å². The van der Waals surface area contributed by atoms with Gasteiger partial charge in [0.05, 0.1) is 11.2 Å². The number of hydrogen-bond acceptors (Lipinski definition) is 3. The van der Waals surface area contributed by atoms with Gasteiger partial charge < -0.3 is 11.1 Å². The molecule has 4 nitrogen and oxygen atoms in total. The quantitative estimate of drug-likeness (QED) is 0.878. The first-order valence-electron chi connectivity index (χ1n) is 7.01. The number of pyridine rings is 1. The molecule has 4 heteroatoms. The predicted molar refractivity (Wildman–Crippen MR) is 82.6 cm³/mol. The third-order valence-corrected chi connectivity index (χ3v) is 3.35. The van der Waals surface area contributed by atoms with E-state index in [0.29, 0.717) is 6.42 Å². The lowest BCUT2D eigenvalue weighted by Crippen LogP contribution is -2.26. The molecule has 1 atom stereocenters. The van der Waals surface area contributed by atoms with Crippen molar-refractivity contribution in [1.29, 1.82) is 0 Å². The Hall–Kier alpha value is -1.94. The molecule has 0 saturated heterocycles. The summed E-state index contributed by atoms with van der Waals surface area (Å²) in [5.41, 5.74) is 8.72. The number of anilines is 1. The third kappa shape index (κ3) is 3.33. The lowest BCUT2D eigenvalue weighted by atomic mass is 10.1. The van der Waals surface area contributed by atoms with E-state index in [1.165, 1.54) is 0 Å². The Morgan fingerprint density at radius 3 is 2.95 bits per heavy atom. The van der Waals surface area contributed by atoms with Crippen LogP contribution in [0, 0.1) is 6.92 Å². The molecular formula is C16H21N3O. The van der Waals surface area contributed by atoms with Crippen molar-refractivity contribution < 1.29 is 4.79 Å². The number of benzene rings is 1. The molecule has 0 saturated carbocycles. The van der Waals surface area contributed by atoms with Crippen molar-refractivity contribution in [3.05, 3.63) is 36.0 Å². The van der Waals surface area contributed by atoms with Crippen molar-refractivity contribution in [1.82, 2.24) is 4.98 Å². The summed E-state index contributed by atoms with van der Waals surface area (Å²) >= 11 is 0. The van der Waals surface area contributed by atoms with Gasteiger partial charge in [-0.1, -0.05) is 19.4 Å². The van der Waals surface area contributed by atoms with Gasteiger partial charge in [0.25, 0.3) is 0 Å². The van der Waals surface area contributed by atoms with Crippen LogP contribution in [0.25, 0.3) is 10.9 Å². The van der Waals surface area contributed by atoms with Gasteiger partial charge in [-0.15, -0.1) is 0 Å². The van der Waals surface area contributed by atoms with Crippen molar-refractivity contribution in [3.8, 4) is 0 Å². The maximum absolute atomic E-state index is 12.0. The van der Waals surface area contributed by atoms with Crippen molar-refractivity contribution in [2.75, 3.05) is 5.32 Å². The monoisotopic (exact) mass is 271 g/mol. The molecule has 2 aromatic rings. The first-order valence-corrected chi connectivity index (χ1v) is 7.01. The van der Waals surface area contributed by atoms with E-state index in [9.17, 15) is 4.79 Å². The number of rotatable bonds is 5. The second-order valence-electron chi connectivity index (χ2n) is 5.13. The molecule has 0 aliphatic rings. The Bertz CT molecular complexity index is 610. The van der Waals surface area contributed by atoms with Crippen molar-refractivity contribution in [2.45, 2.75) is 39.2 Å². The summed E-state index contributed by atoms with van der Waals surface area (Å²) in [5, 5.41) is 3.91. The van der Waals surface area contributed by atoms with E-state index in [4.69, 9.17) is 5.73 Å². The summed E-state index contributed by atoms with van der Waals surface area (Å²) in [6.45, 7) is 4.08. The van der Waals surface area contributed by atoms with E-state index < -0.39 is 0 Å². The molecule has 106 valence electrons. The molecule has 0 radical (unpaired) electrons. The smallest absolute Gasteiger partial charge is 0.225 e. The number of amides is 1. The van der Waals surface area contributed by atoms with Gasteiger partial charge in [0.1, 0.15) is 0 Å². The van der Waals surface area contributed by atoms with E-state index in [1.54, 1.807) is 6.20 Å². The van der Waals surface area contributed by atoms with Gasteiger partial charge in [-0.2, -0.15) is 0 Å². The zero-order valence-corrected chi connectivity index (χ0v) is 12.0. The molecule has 20 heavy (non-hydrogen) atoms. The Morgan fingerprint density at radius 1 is 1.40 bits per heavy atom. The summed E-state index contributed by atoms with van der Waals surface area (Å²) in [6.07, 6.45) is 3.97. The second kappa shape index (κ2) is 6.48. The van der Waals surface area contributed by atoms with Crippen LogP contribution in [0.1, 0.15) is 31.7 Å². The highest BCUT2D eigenvalue weighted by Crippen LogP contribution is 2.24. The molecule has 1 amide bonds. The molecule has 2 rings (SSSR count). The van der Waals surface area contributed by atoms with Gasteiger partial charge in [0.2, 0.25) is 5.91 Å². The molecule has 3 N–H and O–H groups in total. The first kappa shape index (κ1) is 14.5. The predicted octanol–water partition coefficient (Wildman–Crippen LogP) is 3.00. The van der Waals surface area contributed by atoms with E-state index in [1.807, 2.05) is 31.2 Å². The van der Waals surface area contributed by atoms with Crippen molar-refractivity contribution in [3.63, 3.8) is 0 Å². The van der Waals surface area contributed by atoms with E-state index in [2.05, 4.69) is 17.2 Å². The van der Waals surface area contributed by atoms with Crippen LogP contribution in [0.5, 0.6) is 0 Å². The summed E-state index contributed by atoms with van der Waals surface area (Å²) in [7, 11) is 0. The number of hydrogen-bond donors (Lipinski definition) is 2. The van der Waals surface area contributed by atoms with Crippen LogP contribution in [0.3, 0.4) is 0 Å². The van der Waals surface area contributed by atoms with Gasteiger partial charge in [0, 0.05) is 24.0 Å². The van der Waals surface area contributed by atoms with E-state index in [-0.39, 0.29) is 11.9 Å². The van der Waals surface area contributed by atoms with Crippen LogP contribution >= 0.6 is 0 Å². The Kier molecular flexibility index (Phi) is 4.69. The number of aromatic nitrogens is 1. The van der Waals surface area contributed by atoms with Crippen LogP contribution in [0.2, 0.25) is 0 Å². The van der Waals surface area contributed by atoms with Crippen LogP contribution < -0.4 is 11.1 Å². The minimum Gasteiger partial charge on any atom is -0.327 e. The Morgan fingerprint density at radius 2 is 2.20 bits per heavy atom. The minimum atomic E-state index is -0.0742. The van der Waals surface area contributed by atoms with Gasteiger partial charge in [-0.25, -0.2) is 0 Å². The summed E-state index contributed by atoms with van der Waals surface area (Å²) in [5.74, 6) is -0.0417. The van der Waals surface area contributed by atoms with Crippen LogP contribution in [-0.2, 0) is 4.79 Å². The lowest BCUT2D eigenvalue weighted by molar-refractivity contribution is -0.116. The average Bonchev–Trinajstić information content (AvgIpc) is 2.42. The van der Waals surface area contributed by atoms with E-state index >= 15 is 0 Å². The zero-order chi connectivity index (χ0) is 14.5. The molecular weight excluding hydrogens is 250 g/mol. The van der Waals surface area contributed by atoms with Gasteiger partial charge >= 0.3 is 0 Å². The van der Waals surface area contributed by atoms with E-state index in [0.717, 1.165) is 35.0 Å². The van der Waals surface area contributed by atoms with Gasteiger partial charge in [-0.3, -0.25) is 9.78 Å². The van der Waals surface area contributed by atoms with Crippen LogP contribution in [0.15, 0.2) is 30.5 Å². The average molecular weight is 271 g/mol. The third-order valence-electron chi connectivity index (χ3n) is 3.35. The SMILES string of the molecule is CCCC(N)CC(=O)Nc1ccc(C)c2ncccc12. The summed E-state index contributed by atoms with van der Waals surface area (Å²) in [4.78, 5) is 16.4. The normalized spacial score (nSPS) is 12.3. The fourth-order valence-corrected chi connectivity index (χ4v) is 2.34. The van der Waals surface area contributed by atoms with Crippen molar-refractivity contribution in [2.24, 2.45) is 5.73 Å². The molecule has 1 unspecified atom stereocenters. The highest BCUT2D eigenvalue weighted by Gasteiger charge is 2.11. The van der Waals surface area contributed by atoms with Crippen LogP contribution in [0.4, 0.5) is 5.69 Å². The highest BCUT2D eigenvalue weighted by molar-refractivity contribution is 6.01. The van der Waals surface area contributed by atoms with Crippen molar-refractivity contribution >= 4 is 22.5 Å². The largest absolute Gasteiger partial charge is 0.327 e. The molecule has 0 fully saturated rings. The molecule has 1 heterocycles. The van der Waals surface area contributed by atoms with Crippen LogP contribution in [-0.4, -0.2) is 16.9 Å². The molecule has 0 bridgehead atoms. The summed E-state index contributed by atoms with van der Waals surface area (Å²) < 4.78 is 0. The molecule has 0 aliphatic carbocycles. The fraction of sp³-hybridized carbons (Fsp3) is 0.375. The van der Waals surface area contributed by atoms with Gasteiger partial charge in [-0.05, 0) is 37.1 Å². The standard InChI is InChI=1S/C16H21N3O/c1-3-5-12(17)10-15(20)19-14-8-7-11(2)16-13(14)6-4-9-18-16/h4,6-9,12H,3,5,10,17H2,1-2H3,(H,19,20). The number of nitrogens with zero attached hydrogens (tertiary/aromatic N) is 1. The lowest BCUT2D eigenvalue weighted by Gasteiger charge is -2.12. The number of carbonyl (C=O) groups excluding carboxylic acids is 1. The van der Waals surface area contributed by atoms with Gasteiger partial charge in [0.15, 0.2) is 0 Å². The number of nitrogens with two attached hydrogens (primary N) is 1.